The molecule has 3 aromatic rings. The molecular formula is C16H13N3OS. The van der Waals surface area contributed by atoms with Gasteiger partial charge >= 0.3 is 0 Å². The minimum absolute atomic E-state index is 0.417. The van der Waals surface area contributed by atoms with Crippen LogP contribution in [-0.4, -0.2) is 16.1 Å². The van der Waals surface area contributed by atoms with Crippen molar-refractivity contribution in [2.75, 3.05) is 0 Å². The first kappa shape index (κ1) is 13.5. The minimum Gasteiger partial charge on any atom is -0.366 e. The van der Waals surface area contributed by atoms with Crippen LogP contribution in [0, 0.1) is 6.92 Å². The van der Waals surface area contributed by atoms with Crippen LogP contribution in [0.5, 0.6) is 0 Å². The molecular weight excluding hydrogens is 282 g/mol. The van der Waals surface area contributed by atoms with Gasteiger partial charge in [0.25, 0.3) is 0 Å². The highest BCUT2D eigenvalue weighted by Gasteiger charge is 2.06. The van der Waals surface area contributed by atoms with Gasteiger partial charge in [-0.25, -0.2) is 0 Å². The van der Waals surface area contributed by atoms with Gasteiger partial charge in [0.1, 0.15) is 10.0 Å². The maximum absolute atomic E-state index is 11.1. The van der Waals surface area contributed by atoms with Crippen molar-refractivity contribution in [3.8, 4) is 21.7 Å². The third-order valence-corrected chi connectivity index (χ3v) is 4.03. The minimum atomic E-state index is -0.417. The number of nitrogens with two attached hydrogens (primary N) is 1. The number of rotatable bonds is 3. The number of aryl methyl sites for hydroxylation is 1. The molecule has 0 aliphatic carbocycles. The van der Waals surface area contributed by atoms with Crippen LogP contribution in [-0.2, 0) is 0 Å². The molecule has 3 rings (SSSR count). The number of carbonyl (C=O) groups is 1. The number of nitrogens with zero attached hydrogens (tertiary/aromatic N) is 2. The number of carbonyl (C=O) groups excluding carboxylic acids is 1. The zero-order valence-electron chi connectivity index (χ0n) is 11.4. The first-order chi connectivity index (χ1) is 10.1. The highest BCUT2D eigenvalue weighted by atomic mass is 32.1. The van der Waals surface area contributed by atoms with E-state index in [1.807, 2.05) is 37.3 Å². The van der Waals surface area contributed by atoms with Crippen molar-refractivity contribution in [2.24, 2.45) is 5.73 Å². The molecule has 0 fully saturated rings. The number of benzene rings is 2. The normalized spacial score (nSPS) is 10.5. The van der Waals surface area contributed by atoms with E-state index in [0.29, 0.717) is 5.56 Å². The number of primary amides is 1. The Balaban J connectivity index is 1.97. The zero-order chi connectivity index (χ0) is 14.8. The maximum atomic E-state index is 11.1. The molecule has 0 bridgehead atoms. The van der Waals surface area contributed by atoms with Gasteiger partial charge in [-0.3, -0.25) is 4.79 Å². The lowest BCUT2D eigenvalue weighted by Crippen LogP contribution is -2.10. The molecule has 1 heterocycles. The zero-order valence-corrected chi connectivity index (χ0v) is 12.2. The molecule has 0 aliphatic rings. The predicted molar refractivity (Wildman–Crippen MR) is 84.0 cm³/mol. The summed E-state index contributed by atoms with van der Waals surface area (Å²) in [5.41, 5.74) is 8.90. The second kappa shape index (κ2) is 5.46. The molecule has 0 spiro atoms. The van der Waals surface area contributed by atoms with Gasteiger partial charge in [-0.05, 0) is 36.2 Å². The predicted octanol–water partition coefficient (Wildman–Crippen LogP) is 3.28. The SMILES string of the molecule is Cc1nnc(-c2cccc(-c3ccc(C(N)=O)cc3)c2)s1. The Labute approximate surface area is 126 Å². The summed E-state index contributed by atoms with van der Waals surface area (Å²) in [5.74, 6) is -0.417. The van der Waals surface area contributed by atoms with Crippen molar-refractivity contribution in [1.29, 1.82) is 0 Å². The van der Waals surface area contributed by atoms with Crippen molar-refractivity contribution >= 4 is 17.2 Å². The Morgan fingerprint density at radius 2 is 1.71 bits per heavy atom. The molecule has 0 aliphatic heterocycles. The van der Waals surface area contributed by atoms with Crippen LogP contribution in [0.25, 0.3) is 21.7 Å². The Kier molecular flexibility index (Phi) is 3.50. The number of aromatic nitrogens is 2. The average Bonchev–Trinajstić information content (AvgIpc) is 2.94. The van der Waals surface area contributed by atoms with Crippen molar-refractivity contribution in [3.63, 3.8) is 0 Å². The van der Waals surface area contributed by atoms with Crippen LogP contribution in [0.15, 0.2) is 48.5 Å². The van der Waals surface area contributed by atoms with Crippen LogP contribution < -0.4 is 5.73 Å². The molecule has 0 saturated heterocycles. The third kappa shape index (κ3) is 2.83. The van der Waals surface area contributed by atoms with E-state index in [1.165, 1.54) is 0 Å². The van der Waals surface area contributed by atoms with Crippen molar-refractivity contribution in [3.05, 3.63) is 59.1 Å². The Bertz CT molecular complexity index is 793. The maximum Gasteiger partial charge on any atom is 0.248 e. The van der Waals surface area contributed by atoms with Crippen molar-refractivity contribution < 1.29 is 4.79 Å². The highest BCUT2D eigenvalue weighted by Crippen LogP contribution is 2.28. The van der Waals surface area contributed by atoms with E-state index in [2.05, 4.69) is 16.3 Å². The van der Waals surface area contributed by atoms with Gasteiger partial charge in [-0.2, -0.15) is 0 Å². The second-order valence-electron chi connectivity index (χ2n) is 4.65. The van der Waals surface area contributed by atoms with Crippen molar-refractivity contribution in [1.82, 2.24) is 10.2 Å². The Morgan fingerprint density at radius 1 is 1.00 bits per heavy atom. The Morgan fingerprint density at radius 3 is 2.33 bits per heavy atom. The molecule has 1 amide bonds. The van der Waals surface area contributed by atoms with Crippen LogP contribution in [0.3, 0.4) is 0 Å². The number of hydrogen-bond donors (Lipinski definition) is 1. The summed E-state index contributed by atoms with van der Waals surface area (Å²) in [6, 6.07) is 15.4. The molecule has 104 valence electrons. The smallest absolute Gasteiger partial charge is 0.248 e. The summed E-state index contributed by atoms with van der Waals surface area (Å²) in [5, 5.41) is 10.1. The van der Waals surface area contributed by atoms with Gasteiger partial charge in [-0.15, -0.1) is 10.2 Å². The van der Waals surface area contributed by atoms with Gasteiger partial charge in [-0.1, -0.05) is 41.7 Å². The fraction of sp³-hybridized carbons (Fsp3) is 0.0625. The summed E-state index contributed by atoms with van der Waals surface area (Å²) in [6.45, 7) is 1.94. The molecule has 0 atom stereocenters. The topological polar surface area (TPSA) is 68.9 Å². The average molecular weight is 295 g/mol. The van der Waals surface area contributed by atoms with E-state index in [4.69, 9.17) is 5.73 Å². The first-order valence-corrected chi connectivity index (χ1v) is 7.26. The number of amides is 1. The summed E-state index contributed by atoms with van der Waals surface area (Å²) >= 11 is 1.57. The van der Waals surface area contributed by atoms with Crippen LogP contribution in [0.1, 0.15) is 15.4 Å². The van der Waals surface area contributed by atoms with E-state index in [1.54, 1.807) is 23.5 Å². The molecule has 1 aromatic heterocycles. The molecule has 4 nitrogen and oxygen atoms in total. The first-order valence-electron chi connectivity index (χ1n) is 6.44. The quantitative estimate of drug-likeness (QED) is 0.806. The van der Waals surface area contributed by atoms with E-state index < -0.39 is 5.91 Å². The van der Waals surface area contributed by atoms with Crippen LogP contribution in [0.2, 0.25) is 0 Å². The fourth-order valence-electron chi connectivity index (χ4n) is 2.07. The van der Waals surface area contributed by atoms with Crippen molar-refractivity contribution in [2.45, 2.75) is 6.92 Å². The van der Waals surface area contributed by atoms with Gasteiger partial charge in [0.2, 0.25) is 5.91 Å². The highest BCUT2D eigenvalue weighted by molar-refractivity contribution is 7.14. The van der Waals surface area contributed by atoms with Gasteiger partial charge in [0, 0.05) is 11.1 Å². The molecule has 0 saturated carbocycles. The fourth-order valence-corrected chi connectivity index (χ4v) is 2.76. The van der Waals surface area contributed by atoms with Gasteiger partial charge in [0.15, 0.2) is 0 Å². The third-order valence-electron chi connectivity index (χ3n) is 3.14. The van der Waals surface area contributed by atoms with Crippen LogP contribution >= 0.6 is 11.3 Å². The molecule has 2 N–H and O–H groups in total. The summed E-state index contributed by atoms with van der Waals surface area (Å²) in [4.78, 5) is 11.1. The summed E-state index contributed by atoms with van der Waals surface area (Å²) in [6.07, 6.45) is 0. The molecule has 0 radical (unpaired) electrons. The van der Waals surface area contributed by atoms with E-state index >= 15 is 0 Å². The standard InChI is InChI=1S/C16H13N3OS/c1-10-18-19-16(21-10)14-4-2-3-13(9-14)11-5-7-12(8-6-11)15(17)20/h2-9H,1H3,(H2,17,20). The number of hydrogen-bond acceptors (Lipinski definition) is 4. The van der Waals surface area contributed by atoms with Crippen LogP contribution in [0.4, 0.5) is 0 Å². The summed E-state index contributed by atoms with van der Waals surface area (Å²) in [7, 11) is 0. The largest absolute Gasteiger partial charge is 0.366 e. The summed E-state index contributed by atoms with van der Waals surface area (Å²) < 4.78 is 0. The van der Waals surface area contributed by atoms with E-state index in [0.717, 1.165) is 26.7 Å². The monoisotopic (exact) mass is 295 g/mol. The molecule has 0 unspecified atom stereocenters. The van der Waals surface area contributed by atoms with Gasteiger partial charge in [0.05, 0.1) is 0 Å². The van der Waals surface area contributed by atoms with Gasteiger partial charge < -0.3 is 5.73 Å². The molecule has 2 aromatic carbocycles. The molecule has 21 heavy (non-hydrogen) atoms. The Hall–Kier alpha value is -2.53. The van der Waals surface area contributed by atoms with E-state index in [9.17, 15) is 4.79 Å². The lowest BCUT2D eigenvalue weighted by Gasteiger charge is -2.04. The molecule has 5 heteroatoms. The lowest BCUT2D eigenvalue weighted by atomic mass is 10.0. The van der Waals surface area contributed by atoms with E-state index in [-0.39, 0.29) is 0 Å². The lowest BCUT2D eigenvalue weighted by molar-refractivity contribution is 0.100. The second-order valence-corrected chi connectivity index (χ2v) is 5.83.